The van der Waals surface area contributed by atoms with E-state index >= 15 is 0 Å². The fraction of sp³-hybridized carbons (Fsp3) is 0.625. The molecule has 0 aromatic heterocycles. The van der Waals surface area contributed by atoms with Crippen LogP contribution in [0.25, 0.3) is 0 Å². The summed E-state index contributed by atoms with van der Waals surface area (Å²) in [6.45, 7) is 10.7. The van der Waals surface area contributed by atoms with Crippen molar-refractivity contribution < 1.29 is 5.11 Å². The molecule has 0 heterocycles. The maximum absolute atomic E-state index is 10.5. The van der Waals surface area contributed by atoms with Gasteiger partial charge >= 0.3 is 0 Å². The van der Waals surface area contributed by atoms with Gasteiger partial charge in [-0.3, -0.25) is 0 Å². The first-order valence-corrected chi connectivity index (χ1v) is 6.50. The molecule has 0 radical (unpaired) electrons. The first kappa shape index (κ1) is 14.2. The van der Waals surface area contributed by atoms with E-state index in [1.54, 1.807) is 0 Å². The molecular weight excluding hydrogens is 208 g/mol. The number of aryl methyl sites for hydroxylation is 1. The van der Waals surface area contributed by atoms with Gasteiger partial charge in [0.25, 0.3) is 0 Å². The predicted molar refractivity (Wildman–Crippen MR) is 74.1 cm³/mol. The molecule has 0 saturated heterocycles. The Bertz CT molecular complexity index is 358. The molecule has 1 N–H and O–H groups in total. The summed E-state index contributed by atoms with van der Waals surface area (Å²) in [7, 11) is 0. The molecule has 0 aliphatic rings. The van der Waals surface area contributed by atoms with Crippen molar-refractivity contribution in [2.75, 3.05) is 0 Å². The van der Waals surface area contributed by atoms with E-state index in [1.165, 1.54) is 5.56 Å². The van der Waals surface area contributed by atoms with Crippen molar-refractivity contribution in [3.8, 4) is 0 Å². The lowest BCUT2D eigenvalue weighted by atomic mass is 9.84. The molecule has 1 aromatic carbocycles. The molecule has 0 saturated carbocycles. The zero-order valence-electron chi connectivity index (χ0n) is 11.9. The minimum Gasteiger partial charge on any atom is -0.385 e. The highest BCUT2D eigenvalue weighted by Crippen LogP contribution is 2.30. The monoisotopic (exact) mass is 234 g/mol. The van der Waals surface area contributed by atoms with Crippen LogP contribution in [0.2, 0.25) is 0 Å². The molecule has 1 unspecified atom stereocenters. The minimum atomic E-state index is -0.697. The van der Waals surface area contributed by atoms with Crippen LogP contribution < -0.4 is 0 Å². The first-order valence-electron chi connectivity index (χ1n) is 6.50. The summed E-state index contributed by atoms with van der Waals surface area (Å²) in [5.41, 5.74) is 1.89. The third-order valence-electron chi connectivity index (χ3n) is 3.23. The highest BCUT2D eigenvalue weighted by molar-refractivity contribution is 5.26. The number of rotatable bonds is 4. The molecular formula is C16H26O. The van der Waals surface area contributed by atoms with Crippen molar-refractivity contribution >= 4 is 0 Å². The topological polar surface area (TPSA) is 20.2 Å². The molecule has 0 spiro atoms. The molecule has 0 amide bonds. The number of benzene rings is 1. The molecule has 1 rings (SSSR count). The summed E-state index contributed by atoms with van der Waals surface area (Å²) in [6.07, 6.45) is 3.03. The molecule has 0 aliphatic carbocycles. The van der Waals surface area contributed by atoms with Gasteiger partial charge < -0.3 is 5.11 Å². The Morgan fingerprint density at radius 3 is 2.24 bits per heavy atom. The average molecular weight is 234 g/mol. The maximum atomic E-state index is 10.5. The Labute approximate surface area is 106 Å². The van der Waals surface area contributed by atoms with Crippen molar-refractivity contribution in [3.05, 3.63) is 35.4 Å². The first-order chi connectivity index (χ1) is 7.71. The third kappa shape index (κ3) is 4.91. The number of hydrogen-bond donors (Lipinski definition) is 1. The van der Waals surface area contributed by atoms with E-state index in [4.69, 9.17) is 0 Å². The Kier molecular flexibility index (Phi) is 4.37. The Balaban J connectivity index is 2.62. The van der Waals surface area contributed by atoms with Crippen LogP contribution in [0.3, 0.4) is 0 Å². The summed E-state index contributed by atoms with van der Waals surface area (Å²) >= 11 is 0. The minimum absolute atomic E-state index is 0.350. The van der Waals surface area contributed by atoms with Crippen molar-refractivity contribution in [2.45, 2.75) is 59.5 Å². The van der Waals surface area contributed by atoms with Gasteiger partial charge in [0.05, 0.1) is 5.60 Å². The van der Waals surface area contributed by atoms with Gasteiger partial charge in [0.1, 0.15) is 0 Å². The van der Waals surface area contributed by atoms with Crippen LogP contribution in [0.4, 0.5) is 0 Å². The summed E-state index contributed by atoms with van der Waals surface area (Å²) in [5.74, 6) is 0. The summed E-state index contributed by atoms with van der Waals surface area (Å²) < 4.78 is 0. The quantitative estimate of drug-likeness (QED) is 0.817. The normalized spacial score (nSPS) is 15.6. The van der Waals surface area contributed by atoms with Crippen LogP contribution >= 0.6 is 0 Å². The smallest absolute Gasteiger partial charge is 0.0868 e. The second kappa shape index (κ2) is 5.22. The van der Waals surface area contributed by atoms with E-state index < -0.39 is 5.60 Å². The highest BCUT2D eigenvalue weighted by atomic mass is 16.3. The van der Waals surface area contributed by atoms with Gasteiger partial charge in [0.2, 0.25) is 0 Å². The molecule has 1 nitrogen and oxygen atoms in total. The largest absolute Gasteiger partial charge is 0.385 e. The fourth-order valence-corrected chi connectivity index (χ4v) is 2.09. The summed E-state index contributed by atoms with van der Waals surface area (Å²) in [6, 6.07) is 8.18. The van der Waals surface area contributed by atoms with E-state index in [1.807, 2.05) is 19.1 Å². The Morgan fingerprint density at radius 2 is 1.71 bits per heavy atom. The standard InChI is InChI=1S/C16H26O/c1-13-8-6-9-14(12-13)16(5,17)11-7-10-15(2,3)4/h6,8-9,12,17H,7,10-11H2,1-5H3. The number of hydrogen-bond acceptors (Lipinski definition) is 1. The van der Waals surface area contributed by atoms with Crippen LogP contribution in [-0.4, -0.2) is 5.11 Å². The fourth-order valence-electron chi connectivity index (χ4n) is 2.09. The Hall–Kier alpha value is -0.820. The zero-order valence-corrected chi connectivity index (χ0v) is 11.9. The molecule has 0 fully saturated rings. The van der Waals surface area contributed by atoms with Crippen molar-refractivity contribution in [2.24, 2.45) is 5.41 Å². The van der Waals surface area contributed by atoms with Gasteiger partial charge in [0, 0.05) is 0 Å². The van der Waals surface area contributed by atoms with Gasteiger partial charge in [-0.15, -0.1) is 0 Å². The summed E-state index contributed by atoms with van der Waals surface area (Å²) in [4.78, 5) is 0. The molecule has 0 bridgehead atoms. The molecule has 1 atom stereocenters. The second-order valence-corrected chi connectivity index (χ2v) is 6.56. The van der Waals surface area contributed by atoms with E-state index in [2.05, 4.69) is 39.8 Å². The lowest BCUT2D eigenvalue weighted by Gasteiger charge is -2.26. The van der Waals surface area contributed by atoms with Crippen LogP contribution in [0.1, 0.15) is 58.1 Å². The van der Waals surface area contributed by atoms with E-state index in [-0.39, 0.29) is 0 Å². The van der Waals surface area contributed by atoms with Crippen molar-refractivity contribution in [1.29, 1.82) is 0 Å². The SMILES string of the molecule is Cc1cccc(C(C)(O)CCCC(C)(C)C)c1. The van der Waals surface area contributed by atoms with Crippen LogP contribution in [0.5, 0.6) is 0 Å². The van der Waals surface area contributed by atoms with Gasteiger partial charge in [-0.2, -0.15) is 0 Å². The lowest BCUT2D eigenvalue weighted by Crippen LogP contribution is -2.21. The van der Waals surface area contributed by atoms with Gasteiger partial charge in [-0.25, -0.2) is 0 Å². The van der Waals surface area contributed by atoms with Crippen molar-refractivity contribution in [1.82, 2.24) is 0 Å². The molecule has 0 aliphatic heterocycles. The van der Waals surface area contributed by atoms with E-state index in [0.717, 1.165) is 24.8 Å². The molecule has 1 aromatic rings. The van der Waals surface area contributed by atoms with E-state index in [9.17, 15) is 5.11 Å². The third-order valence-corrected chi connectivity index (χ3v) is 3.23. The highest BCUT2D eigenvalue weighted by Gasteiger charge is 2.23. The lowest BCUT2D eigenvalue weighted by molar-refractivity contribution is 0.0424. The van der Waals surface area contributed by atoms with Crippen LogP contribution in [-0.2, 0) is 5.60 Å². The van der Waals surface area contributed by atoms with Gasteiger partial charge in [-0.05, 0) is 44.1 Å². The average Bonchev–Trinajstić information content (AvgIpc) is 2.15. The van der Waals surface area contributed by atoms with Crippen molar-refractivity contribution in [3.63, 3.8) is 0 Å². The molecule has 96 valence electrons. The van der Waals surface area contributed by atoms with Gasteiger partial charge in [-0.1, -0.05) is 50.6 Å². The predicted octanol–water partition coefficient (Wildman–Crippen LogP) is 4.42. The number of aliphatic hydroxyl groups is 1. The van der Waals surface area contributed by atoms with Crippen LogP contribution in [0.15, 0.2) is 24.3 Å². The van der Waals surface area contributed by atoms with Crippen LogP contribution in [0, 0.1) is 12.3 Å². The Morgan fingerprint density at radius 1 is 1.06 bits per heavy atom. The maximum Gasteiger partial charge on any atom is 0.0868 e. The second-order valence-electron chi connectivity index (χ2n) is 6.56. The molecule has 1 heteroatoms. The van der Waals surface area contributed by atoms with Gasteiger partial charge in [0.15, 0.2) is 0 Å². The summed E-state index contributed by atoms with van der Waals surface area (Å²) in [5, 5.41) is 10.5. The van der Waals surface area contributed by atoms with E-state index in [0.29, 0.717) is 5.41 Å². The zero-order chi connectivity index (χ0) is 13.1. The molecule has 17 heavy (non-hydrogen) atoms.